The molecule has 2 unspecified atom stereocenters. The van der Waals surface area contributed by atoms with Gasteiger partial charge in [0.2, 0.25) is 5.91 Å². The van der Waals surface area contributed by atoms with Crippen molar-refractivity contribution in [3.8, 4) is 0 Å². The number of pyridine rings is 1. The Kier molecular flexibility index (Phi) is 9.55. The van der Waals surface area contributed by atoms with Gasteiger partial charge >= 0.3 is 0 Å². The van der Waals surface area contributed by atoms with Crippen molar-refractivity contribution >= 4 is 30.7 Å². The van der Waals surface area contributed by atoms with E-state index in [0.717, 1.165) is 25.9 Å². The zero-order valence-electron chi connectivity index (χ0n) is 11.7. The molecule has 2 N–H and O–H groups in total. The maximum absolute atomic E-state index is 11.9. The number of carbonyl (C=O) groups is 1. The molecule has 0 bridgehead atoms. The Hall–Kier alpha value is -0.840. The molecule has 1 amide bonds. The first-order valence-electron chi connectivity index (χ1n) is 6.64. The normalized spacial score (nSPS) is 21.2. The van der Waals surface area contributed by atoms with Gasteiger partial charge in [0.05, 0.1) is 0 Å². The van der Waals surface area contributed by atoms with Crippen LogP contribution in [0.3, 0.4) is 0 Å². The molecule has 114 valence electrons. The van der Waals surface area contributed by atoms with Crippen molar-refractivity contribution < 1.29 is 4.79 Å². The van der Waals surface area contributed by atoms with Crippen molar-refractivity contribution in [2.45, 2.75) is 32.2 Å². The van der Waals surface area contributed by atoms with Crippen molar-refractivity contribution in [1.29, 1.82) is 0 Å². The number of hydrogen-bond acceptors (Lipinski definition) is 3. The molecule has 0 spiro atoms. The van der Waals surface area contributed by atoms with Gasteiger partial charge in [-0.1, -0.05) is 6.92 Å². The van der Waals surface area contributed by atoms with Crippen LogP contribution in [-0.2, 0) is 11.2 Å². The standard InChI is InChI=1S/C14H21N3O.2ClH/c1-11-10-16-9-6-13(11)17-14(18)3-2-12-4-7-15-8-5-12;;/h4-5,7-8,11,13,16H,2-3,6,9-10H2,1H3,(H,17,18);2*1H. The van der Waals surface area contributed by atoms with E-state index in [9.17, 15) is 4.79 Å². The Balaban J connectivity index is 0.00000180. The highest BCUT2D eigenvalue weighted by Crippen LogP contribution is 2.10. The number of nitrogens with one attached hydrogen (secondary N) is 2. The van der Waals surface area contributed by atoms with Crippen LogP contribution in [0, 0.1) is 5.92 Å². The number of rotatable bonds is 4. The highest BCUT2D eigenvalue weighted by molar-refractivity contribution is 5.85. The zero-order chi connectivity index (χ0) is 12.8. The van der Waals surface area contributed by atoms with Crippen LogP contribution in [0.5, 0.6) is 0 Å². The van der Waals surface area contributed by atoms with E-state index in [1.165, 1.54) is 5.56 Å². The Labute approximate surface area is 132 Å². The van der Waals surface area contributed by atoms with Gasteiger partial charge in [0.1, 0.15) is 0 Å². The van der Waals surface area contributed by atoms with Crippen molar-refractivity contribution in [2.75, 3.05) is 13.1 Å². The van der Waals surface area contributed by atoms with E-state index in [4.69, 9.17) is 0 Å². The number of nitrogens with zero attached hydrogens (tertiary/aromatic N) is 1. The van der Waals surface area contributed by atoms with Gasteiger partial charge in [-0.3, -0.25) is 9.78 Å². The van der Waals surface area contributed by atoms with Crippen LogP contribution in [0.25, 0.3) is 0 Å². The Morgan fingerprint density at radius 3 is 2.75 bits per heavy atom. The zero-order valence-corrected chi connectivity index (χ0v) is 13.3. The fraction of sp³-hybridized carbons (Fsp3) is 0.571. The van der Waals surface area contributed by atoms with Crippen LogP contribution in [0.4, 0.5) is 0 Å². The smallest absolute Gasteiger partial charge is 0.220 e. The summed E-state index contributed by atoms with van der Waals surface area (Å²) in [7, 11) is 0. The second-order valence-corrected chi connectivity index (χ2v) is 5.00. The van der Waals surface area contributed by atoms with E-state index in [-0.39, 0.29) is 30.7 Å². The summed E-state index contributed by atoms with van der Waals surface area (Å²) in [5, 5.41) is 6.48. The molecule has 4 nitrogen and oxygen atoms in total. The average molecular weight is 320 g/mol. The quantitative estimate of drug-likeness (QED) is 0.892. The topological polar surface area (TPSA) is 54.0 Å². The maximum atomic E-state index is 11.9. The van der Waals surface area contributed by atoms with E-state index < -0.39 is 0 Å². The molecule has 6 heteroatoms. The van der Waals surface area contributed by atoms with Gasteiger partial charge in [0, 0.05) is 24.9 Å². The van der Waals surface area contributed by atoms with Gasteiger partial charge in [0.15, 0.2) is 0 Å². The minimum atomic E-state index is 0. The summed E-state index contributed by atoms with van der Waals surface area (Å²) < 4.78 is 0. The minimum Gasteiger partial charge on any atom is -0.353 e. The molecule has 1 aliphatic rings. The number of piperidine rings is 1. The number of hydrogen-bond donors (Lipinski definition) is 2. The molecule has 1 aromatic rings. The predicted molar refractivity (Wildman–Crippen MR) is 85.6 cm³/mol. The summed E-state index contributed by atoms with van der Waals surface area (Å²) in [4.78, 5) is 15.9. The Morgan fingerprint density at radius 1 is 1.40 bits per heavy atom. The maximum Gasteiger partial charge on any atom is 0.220 e. The molecule has 0 radical (unpaired) electrons. The Bertz CT molecular complexity index is 389. The average Bonchev–Trinajstić information content (AvgIpc) is 2.40. The molecule has 20 heavy (non-hydrogen) atoms. The van der Waals surface area contributed by atoms with Gasteiger partial charge in [-0.15, -0.1) is 24.8 Å². The lowest BCUT2D eigenvalue weighted by Crippen LogP contribution is -2.48. The van der Waals surface area contributed by atoms with Gasteiger partial charge in [-0.05, 0) is 49.5 Å². The number of aromatic nitrogens is 1. The summed E-state index contributed by atoms with van der Waals surface area (Å²) in [6.07, 6.45) is 5.90. The first-order chi connectivity index (χ1) is 8.75. The highest BCUT2D eigenvalue weighted by atomic mass is 35.5. The van der Waals surface area contributed by atoms with E-state index in [0.29, 0.717) is 18.4 Å². The third-order valence-electron chi connectivity index (χ3n) is 3.52. The number of halogens is 2. The van der Waals surface area contributed by atoms with E-state index in [1.54, 1.807) is 12.4 Å². The lowest BCUT2D eigenvalue weighted by atomic mass is 9.95. The molecule has 1 aromatic heterocycles. The van der Waals surface area contributed by atoms with Gasteiger partial charge in [-0.2, -0.15) is 0 Å². The van der Waals surface area contributed by atoms with Crippen LogP contribution < -0.4 is 10.6 Å². The van der Waals surface area contributed by atoms with E-state index >= 15 is 0 Å². The summed E-state index contributed by atoms with van der Waals surface area (Å²) in [5.41, 5.74) is 1.17. The van der Waals surface area contributed by atoms with Crippen LogP contribution in [-0.4, -0.2) is 30.0 Å². The van der Waals surface area contributed by atoms with Crippen LogP contribution >= 0.6 is 24.8 Å². The number of carbonyl (C=O) groups excluding carboxylic acids is 1. The molecule has 0 aromatic carbocycles. The van der Waals surface area contributed by atoms with E-state index in [2.05, 4.69) is 22.5 Å². The monoisotopic (exact) mass is 319 g/mol. The molecule has 0 saturated carbocycles. The lowest BCUT2D eigenvalue weighted by Gasteiger charge is -2.30. The third-order valence-corrected chi connectivity index (χ3v) is 3.52. The summed E-state index contributed by atoms with van der Waals surface area (Å²) in [6.45, 7) is 4.18. The second kappa shape index (κ2) is 9.97. The molecule has 2 rings (SSSR count). The largest absolute Gasteiger partial charge is 0.353 e. The van der Waals surface area contributed by atoms with Gasteiger partial charge in [-0.25, -0.2) is 0 Å². The van der Waals surface area contributed by atoms with Crippen LogP contribution in [0.1, 0.15) is 25.3 Å². The second-order valence-electron chi connectivity index (χ2n) is 5.00. The highest BCUT2D eigenvalue weighted by Gasteiger charge is 2.22. The number of aryl methyl sites for hydroxylation is 1. The lowest BCUT2D eigenvalue weighted by molar-refractivity contribution is -0.122. The fourth-order valence-corrected chi connectivity index (χ4v) is 2.31. The number of amides is 1. The summed E-state index contributed by atoms with van der Waals surface area (Å²) in [5.74, 6) is 0.675. The SMILES string of the molecule is CC1CNCCC1NC(=O)CCc1ccncc1.Cl.Cl. The van der Waals surface area contributed by atoms with Crippen LogP contribution in [0.2, 0.25) is 0 Å². The first-order valence-corrected chi connectivity index (χ1v) is 6.64. The van der Waals surface area contributed by atoms with Gasteiger partial charge < -0.3 is 10.6 Å². The molecule has 1 fully saturated rings. The molecule has 1 aliphatic heterocycles. The molecule has 2 heterocycles. The summed E-state index contributed by atoms with van der Waals surface area (Å²) >= 11 is 0. The minimum absolute atomic E-state index is 0. The van der Waals surface area contributed by atoms with Crippen molar-refractivity contribution in [1.82, 2.24) is 15.6 Å². The van der Waals surface area contributed by atoms with Crippen molar-refractivity contribution in [2.24, 2.45) is 5.92 Å². The summed E-state index contributed by atoms with van der Waals surface area (Å²) in [6, 6.07) is 4.25. The molecule has 1 saturated heterocycles. The first kappa shape index (κ1) is 19.2. The van der Waals surface area contributed by atoms with Crippen LogP contribution in [0.15, 0.2) is 24.5 Å². The molecule has 2 atom stereocenters. The van der Waals surface area contributed by atoms with Crippen molar-refractivity contribution in [3.63, 3.8) is 0 Å². The van der Waals surface area contributed by atoms with Crippen molar-refractivity contribution in [3.05, 3.63) is 30.1 Å². The predicted octanol–water partition coefficient (Wildman–Crippen LogP) is 1.97. The molecular formula is C14H23Cl2N3O. The fourth-order valence-electron chi connectivity index (χ4n) is 2.31. The molecule has 0 aliphatic carbocycles. The Morgan fingerprint density at radius 2 is 2.10 bits per heavy atom. The molecular weight excluding hydrogens is 297 g/mol. The van der Waals surface area contributed by atoms with E-state index in [1.807, 2.05) is 12.1 Å². The third kappa shape index (κ3) is 6.07. The van der Waals surface area contributed by atoms with Gasteiger partial charge in [0.25, 0.3) is 0 Å².